The molecule has 0 aliphatic carbocycles. The smallest absolute Gasteiger partial charge is 0.425 e. The number of rotatable bonds is 9. The lowest BCUT2D eigenvalue weighted by Gasteiger charge is -2.41. The van der Waals surface area contributed by atoms with Gasteiger partial charge in [0.1, 0.15) is 0 Å². The fourth-order valence-electron chi connectivity index (χ4n) is 1.51. The van der Waals surface area contributed by atoms with Crippen LogP contribution >= 0.6 is 0 Å². The van der Waals surface area contributed by atoms with E-state index in [1.54, 1.807) is 0 Å². The molecule has 0 heterocycles. The Morgan fingerprint density at radius 1 is 0.733 bits per heavy atom. The van der Waals surface area contributed by atoms with E-state index in [9.17, 15) is 75.0 Å². The van der Waals surface area contributed by atoms with Crippen LogP contribution in [0.25, 0.3) is 0 Å². The molecule has 0 amide bonds. The molecule has 1 unspecified atom stereocenters. The predicted molar refractivity (Wildman–Crippen MR) is 61.8 cm³/mol. The third kappa shape index (κ3) is 4.13. The summed E-state index contributed by atoms with van der Waals surface area (Å²) in [7, 11) is 0. The maximum atomic E-state index is 13.3. The molecular weight excluding hydrogens is 480 g/mol. The maximum Gasteiger partial charge on any atom is 0.425 e. The number of hydrogen-bond acceptors (Lipinski definition) is 2. The van der Waals surface area contributed by atoms with Gasteiger partial charge in [0, 0.05) is 6.08 Å². The van der Waals surface area contributed by atoms with Crippen molar-refractivity contribution in [3.05, 3.63) is 12.7 Å². The van der Waals surface area contributed by atoms with Gasteiger partial charge in [0.05, 0.1) is 0 Å². The van der Waals surface area contributed by atoms with Crippen LogP contribution in [0.2, 0.25) is 0 Å². The van der Waals surface area contributed by atoms with Crippen LogP contribution in [0.5, 0.6) is 0 Å². The first-order valence-corrected chi connectivity index (χ1v) is 6.63. The van der Waals surface area contributed by atoms with E-state index in [1.807, 2.05) is 0 Å². The molecule has 0 aliphatic heterocycles. The van der Waals surface area contributed by atoms with E-state index in [4.69, 9.17) is 0 Å². The second-order valence-corrected chi connectivity index (χ2v) is 5.34. The summed E-state index contributed by atoms with van der Waals surface area (Å²) in [6.07, 6.45) is -13.4. The van der Waals surface area contributed by atoms with Crippen LogP contribution < -0.4 is 0 Å². The zero-order valence-corrected chi connectivity index (χ0v) is 13.4. The van der Waals surface area contributed by atoms with E-state index in [0.29, 0.717) is 0 Å². The Morgan fingerprint density at radius 2 is 1.10 bits per heavy atom. The topological polar surface area (TPSA) is 26.3 Å². The van der Waals surface area contributed by atoms with Gasteiger partial charge in [0.15, 0.2) is 6.61 Å². The number of esters is 1. The highest BCUT2D eigenvalue weighted by molar-refractivity contribution is 5.81. The molecule has 18 heteroatoms. The molecule has 0 bridgehead atoms. The highest BCUT2D eigenvalue weighted by Gasteiger charge is 2.92. The van der Waals surface area contributed by atoms with Crippen molar-refractivity contribution in [1.29, 1.82) is 0 Å². The molecule has 30 heavy (non-hydrogen) atoms. The normalized spacial score (nSPS) is 16.3. The molecule has 0 fully saturated rings. The van der Waals surface area contributed by atoms with Crippen LogP contribution in [-0.4, -0.2) is 60.5 Å². The third-order valence-electron chi connectivity index (χ3n) is 3.23. The van der Waals surface area contributed by atoms with Gasteiger partial charge in [-0.25, -0.2) is 9.18 Å². The van der Waals surface area contributed by atoms with Gasteiger partial charge in [-0.1, -0.05) is 6.58 Å². The van der Waals surface area contributed by atoms with Crippen LogP contribution in [0.3, 0.4) is 0 Å². The van der Waals surface area contributed by atoms with Crippen LogP contribution in [-0.2, 0) is 9.53 Å². The van der Waals surface area contributed by atoms with E-state index >= 15 is 0 Å². The molecular formula is C12H6F16O2. The van der Waals surface area contributed by atoms with Crippen molar-refractivity contribution in [2.75, 3.05) is 6.61 Å². The summed E-state index contributed by atoms with van der Waals surface area (Å²) in [5.41, 5.74) is 0. The second-order valence-electron chi connectivity index (χ2n) is 5.34. The minimum Gasteiger partial charge on any atom is -0.456 e. The summed E-state index contributed by atoms with van der Waals surface area (Å²) >= 11 is 0. The molecule has 0 N–H and O–H groups in total. The molecule has 0 aromatic heterocycles. The Hall–Kier alpha value is -1.91. The molecule has 0 spiro atoms. The first-order chi connectivity index (χ1) is 12.9. The van der Waals surface area contributed by atoms with Crippen LogP contribution in [0.4, 0.5) is 70.2 Å². The maximum absolute atomic E-state index is 13.3. The van der Waals surface area contributed by atoms with Gasteiger partial charge >= 0.3 is 47.7 Å². The first-order valence-electron chi connectivity index (χ1n) is 6.63. The Morgan fingerprint density at radius 3 is 1.43 bits per heavy atom. The molecule has 0 aromatic rings. The number of halogens is 16. The quantitative estimate of drug-likeness (QED) is 0.247. The average Bonchev–Trinajstić information content (AvgIpc) is 2.57. The van der Waals surface area contributed by atoms with Crippen molar-refractivity contribution < 1.29 is 79.8 Å². The van der Waals surface area contributed by atoms with Crippen LogP contribution in [0, 0.1) is 0 Å². The zero-order chi connectivity index (χ0) is 24.8. The first kappa shape index (κ1) is 28.1. The minimum atomic E-state index is -8.39. The monoisotopic (exact) mass is 486 g/mol. The molecule has 2 nitrogen and oxygen atoms in total. The summed E-state index contributed by atoms with van der Waals surface area (Å²) in [5.74, 6) is -49.2. The van der Waals surface area contributed by atoms with Crippen molar-refractivity contribution in [2.45, 2.75) is 47.9 Å². The predicted octanol–water partition coefficient (Wildman–Crippen LogP) is 5.43. The van der Waals surface area contributed by atoms with Gasteiger partial charge in [0.2, 0.25) is 0 Å². The zero-order valence-electron chi connectivity index (χ0n) is 13.4. The number of carbonyl (C=O) groups is 1. The number of carbonyl (C=O) groups excluding carboxylic acids is 1. The third-order valence-corrected chi connectivity index (χ3v) is 3.23. The molecule has 0 radical (unpaired) electrons. The molecule has 0 rings (SSSR count). The van der Waals surface area contributed by atoms with Gasteiger partial charge < -0.3 is 4.74 Å². The van der Waals surface area contributed by atoms with Crippen molar-refractivity contribution in [3.63, 3.8) is 0 Å². The van der Waals surface area contributed by atoms with Crippen LogP contribution in [0.15, 0.2) is 12.7 Å². The summed E-state index contributed by atoms with van der Waals surface area (Å²) in [6, 6.07) is 0. The van der Waals surface area contributed by atoms with E-state index in [-0.39, 0.29) is 6.08 Å². The lowest BCUT2D eigenvalue weighted by molar-refractivity contribution is -0.436. The Balaban J connectivity index is 6.38. The minimum absolute atomic E-state index is 0.0335. The van der Waals surface area contributed by atoms with Crippen molar-refractivity contribution >= 4 is 5.97 Å². The van der Waals surface area contributed by atoms with Crippen molar-refractivity contribution in [3.8, 4) is 0 Å². The highest BCUT2D eigenvalue weighted by Crippen LogP contribution is 2.61. The fourth-order valence-corrected chi connectivity index (χ4v) is 1.51. The lowest BCUT2D eigenvalue weighted by Crippen LogP contribution is -2.73. The Labute approximate surface area is 154 Å². The molecule has 0 aliphatic rings. The molecule has 0 aromatic carbocycles. The molecule has 1 atom stereocenters. The van der Waals surface area contributed by atoms with Gasteiger partial charge in [0.25, 0.3) is 6.17 Å². The van der Waals surface area contributed by atoms with Crippen LogP contribution in [0.1, 0.15) is 0 Å². The summed E-state index contributed by atoms with van der Waals surface area (Å²) in [6.45, 7) is -0.680. The van der Waals surface area contributed by atoms with E-state index in [0.717, 1.165) is 0 Å². The standard InChI is InChI=1S/C12H6F16O2/c1-2-4(29)30-3-6(14,15)9(21,22)11(25,26)12(27,28)10(23,24)7(16,17)5(13)8(18,19)20/h2,5H,1,3H2. The number of alkyl halides is 16. The summed E-state index contributed by atoms with van der Waals surface area (Å²) < 4.78 is 210. The SMILES string of the molecule is C=CC(=O)OCC(F)(F)C(F)(F)C(F)(F)C(F)(F)C(F)(F)C(F)(F)C(F)C(F)(F)F. The van der Waals surface area contributed by atoms with Crippen molar-refractivity contribution in [2.24, 2.45) is 0 Å². The Kier molecular flexibility index (Phi) is 7.16. The number of ether oxygens (including phenoxy) is 1. The van der Waals surface area contributed by atoms with Gasteiger partial charge in [-0.05, 0) is 0 Å². The Bertz CT molecular complexity index is 649. The molecule has 0 saturated carbocycles. The molecule has 0 saturated heterocycles. The average molecular weight is 486 g/mol. The summed E-state index contributed by atoms with van der Waals surface area (Å²) in [5, 5.41) is 0. The van der Waals surface area contributed by atoms with Crippen molar-refractivity contribution in [1.82, 2.24) is 0 Å². The second kappa shape index (κ2) is 7.65. The largest absolute Gasteiger partial charge is 0.456 e. The number of hydrogen-bond donors (Lipinski definition) is 0. The lowest BCUT2D eigenvalue weighted by atomic mass is 9.90. The van der Waals surface area contributed by atoms with E-state index in [1.165, 1.54) is 0 Å². The van der Waals surface area contributed by atoms with Gasteiger partial charge in [-0.2, -0.15) is 65.9 Å². The van der Waals surface area contributed by atoms with E-state index < -0.39 is 60.5 Å². The van der Waals surface area contributed by atoms with E-state index in [2.05, 4.69) is 11.3 Å². The summed E-state index contributed by atoms with van der Waals surface area (Å²) in [4.78, 5) is 10.5. The highest BCUT2D eigenvalue weighted by atomic mass is 19.4. The fraction of sp³-hybridized carbons (Fsp3) is 0.750. The molecule has 178 valence electrons. The van der Waals surface area contributed by atoms with Gasteiger partial charge in [-0.15, -0.1) is 0 Å². The van der Waals surface area contributed by atoms with Gasteiger partial charge in [-0.3, -0.25) is 0 Å².